The van der Waals surface area contributed by atoms with E-state index in [2.05, 4.69) is 55.3 Å². The Balaban J connectivity index is 1.94. The molecule has 0 radical (unpaired) electrons. The number of amides is 1. The highest BCUT2D eigenvalue weighted by molar-refractivity contribution is 5.83. The number of nitrogens with one attached hydrogen (secondary N) is 1. The second kappa shape index (κ2) is 7.93. The second-order valence-electron chi connectivity index (χ2n) is 6.86. The van der Waals surface area contributed by atoms with E-state index >= 15 is 0 Å². The molecule has 0 bridgehead atoms. The molecule has 4 heteroatoms. The summed E-state index contributed by atoms with van der Waals surface area (Å²) >= 11 is 0. The number of carbonyl (C=O) groups is 1. The fourth-order valence-corrected chi connectivity index (χ4v) is 3.53. The van der Waals surface area contributed by atoms with Gasteiger partial charge in [0.2, 0.25) is 5.91 Å². The van der Waals surface area contributed by atoms with Crippen molar-refractivity contribution in [2.24, 2.45) is 11.1 Å². The molecule has 1 aromatic rings. The van der Waals surface area contributed by atoms with E-state index in [1.54, 1.807) is 0 Å². The molecular formula is C19H31N3O. The fourth-order valence-electron chi connectivity index (χ4n) is 3.53. The molecule has 0 aromatic heterocycles. The topological polar surface area (TPSA) is 58.4 Å². The number of carbonyl (C=O) groups excluding carboxylic acids is 1. The normalized spacial score (nSPS) is 22.3. The molecule has 1 amide bonds. The monoisotopic (exact) mass is 317 g/mol. The molecular weight excluding hydrogens is 286 g/mol. The van der Waals surface area contributed by atoms with Crippen LogP contribution in [0.25, 0.3) is 0 Å². The highest BCUT2D eigenvalue weighted by Gasteiger charge is 2.37. The molecule has 128 valence electrons. The number of likely N-dealkylation sites (tertiary alicyclic amines) is 1. The fraction of sp³-hybridized carbons (Fsp3) is 0.632. The minimum absolute atomic E-state index is 0.128. The van der Waals surface area contributed by atoms with E-state index in [-0.39, 0.29) is 11.9 Å². The Hall–Kier alpha value is -1.39. The number of hydrogen-bond acceptors (Lipinski definition) is 3. The maximum Gasteiger partial charge on any atom is 0.227 e. The maximum atomic E-state index is 12.7. The minimum atomic E-state index is -0.407. The number of rotatable bonds is 7. The third-order valence-electron chi connectivity index (χ3n) is 5.49. The van der Waals surface area contributed by atoms with Gasteiger partial charge in [0.1, 0.15) is 0 Å². The number of hydrogen-bond donors (Lipinski definition) is 2. The van der Waals surface area contributed by atoms with E-state index in [1.165, 1.54) is 5.56 Å². The van der Waals surface area contributed by atoms with E-state index in [0.717, 1.165) is 32.4 Å². The van der Waals surface area contributed by atoms with Crippen molar-refractivity contribution >= 4 is 5.91 Å². The van der Waals surface area contributed by atoms with Gasteiger partial charge in [-0.3, -0.25) is 9.69 Å². The van der Waals surface area contributed by atoms with Crippen LogP contribution < -0.4 is 11.1 Å². The van der Waals surface area contributed by atoms with Gasteiger partial charge in [0, 0.05) is 31.7 Å². The van der Waals surface area contributed by atoms with Crippen LogP contribution in [-0.2, 0) is 11.3 Å². The molecule has 23 heavy (non-hydrogen) atoms. The summed E-state index contributed by atoms with van der Waals surface area (Å²) in [6, 6.07) is 11.2. The van der Waals surface area contributed by atoms with Crippen LogP contribution in [0.15, 0.2) is 30.3 Å². The predicted octanol–water partition coefficient (Wildman–Crippen LogP) is 2.53. The Morgan fingerprint density at radius 3 is 2.52 bits per heavy atom. The van der Waals surface area contributed by atoms with Crippen LogP contribution in [0, 0.1) is 5.41 Å². The first kappa shape index (κ1) is 18.0. The zero-order valence-electron chi connectivity index (χ0n) is 14.7. The molecule has 0 aliphatic carbocycles. The first-order chi connectivity index (χ1) is 11.0. The van der Waals surface area contributed by atoms with Crippen molar-refractivity contribution in [3.8, 4) is 0 Å². The van der Waals surface area contributed by atoms with Crippen molar-refractivity contribution in [2.45, 2.75) is 58.7 Å². The summed E-state index contributed by atoms with van der Waals surface area (Å²) in [7, 11) is 0. The van der Waals surface area contributed by atoms with E-state index in [4.69, 9.17) is 5.73 Å². The van der Waals surface area contributed by atoms with E-state index in [1.807, 2.05) is 6.07 Å². The van der Waals surface area contributed by atoms with Crippen LogP contribution in [0.3, 0.4) is 0 Å². The van der Waals surface area contributed by atoms with E-state index in [0.29, 0.717) is 12.6 Å². The largest absolute Gasteiger partial charge is 0.351 e. The van der Waals surface area contributed by atoms with Crippen LogP contribution in [-0.4, -0.2) is 36.0 Å². The number of nitrogens with zero attached hydrogens (tertiary/aromatic N) is 1. The molecule has 2 rings (SSSR count). The lowest BCUT2D eigenvalue weighted by molar-refractivity contribution is -0.131. The lowest BCUT2D eigenvalue weighted by atomic mass is 9.81. The standard InChI is InChI=1S/C19H31N3O/c1-4-19(5-2,14-20)18(23)21-17-11-15(3)22(13-17)12-16-9-7-6-8-10-16/h6-10,15,17H,4-5,11-14,20H2,1-3H3,(H,21,23). The van der Waals surface area contributed by atoms with E-state index in [9.17, 15) is 4.79 Å². The average molecular weight is 317 g/mol. The lowest BCUT2D eigenvalue weighted by Crippen LogP contribution is -2.49. The predicted molar refractivity (Wildman–Crippen MR) is 94.9 cm³/mol. The molecule has 1 aliphatic heterocycles. The third-order valence-corrected chi connectivity index (χ3v) is 5.49. The smallest absolute Gasteiger partial charge is 0.227 e. The summed E-state index contributed by atoms with van der Waals surface area (Å²) in [6.45, 7) is 8.62. The molecule has 1 saturated heterocycles. The highest BCUT2D eigenvalue weighted by atomic mass is 16.2. The SMILES string of the molecule is CCC(CC)(CN)C(=O)NC1CC(C)N(Cc2ccccc2)C1. The van der Waals surface area contributed by atoms with Crippen LogP contribution >= 0.6 is 0 Å². The first-order valence-corrected chi connectivity index (χ1v) is 8.83. The van der Waals surface area contributed by atoms with Crippen molar-refractivity contribution in [3.05, 3.63) is 35.9 Å². The molecule has 1 fully saturated rings. The van der Waals surface area contributed by atoms with Gasteiger partial charge < -0.3 is 11.1 Å². The first-order valence-electron chi connectivity index (χ1n) is 8.83. The van der Waals surface area contributed by atoms with Crippen LogP contribution in [0.1, 0.15) is 45.6 Å². The summed E-state index contributed by atoms with van der Waals surface area (Å²) in [5.41, 5.74) is 6.81. The van der Waals surface area contributed by atoms with Crippen LogP contribution in [0.4, 0.5) is 0 Å². The highest BCUT2D eigenvalue weighted by Crippen LogP contribution is 2.27. The average Bonchev–Trinajstić information content (AvgIpc) is 2.90. The Bertz CT molecular complexity index is 490. The molecule has 1 heterocycles. The van der Waals surface area contributed by atoms with Crippen molar-refractivity contribution in [1.29, 1.82) is 0 Å². The van der Waals surface area contributed by atoms with Gasteiger partial charge in [-0.15, -0.1) is 0 Å². The van der Waals surface area contributed by atoms with Crippen molar-refractivity contribution in [2.75, 3.05) is 13.1 Å². The summed E-state index contributed by atoms with van der Waals surface area (Å²) in [5.74, 6) is 0.128. The number of benzene rings is 1. The van der Waals surface area contributed by atoms with Gasteiger partial charge in [0.05, 0.1) is 5.41 Å². The Morgan fingerprint density at radius 1 is 1.30 bits per heavy atom. The molecule has 1 aliphatic rings. The van der Waals surface area contributed by atoms with Gasteiger partial charge >= 0.3 is 0 Å². The van der Waals surface area contributed by atoms with Gasteiger partial charge in [-0.05, 0) is 31.7 Å². The zero-order valence-corrected chi connectivity index (χ0v) is 14.7. The third kappa shape index (κ3) is 4.12. The summed E-state index contributed by atoms with van der Waals surface area (Å²) in [6.07, 6.45) is 2.59. The van der Waals surface area contributed by atoms with Gasteiger partial charge in [-0.2, -0.15) is 0 Å². The zero-order chi connectivity index (χ0) is 16.9. The summed E-state index contributed by atoms with van der Waals surface area (Å²) in [5, 5.41) is 3.26. The summed E-state index contributed by atoms with van der Waals surface area (Å²) in [4.78, 5) is 15.1. The Labute approximate surface area is 140 Å². The molecule has 3 N–H and O–H groups in total. The van der Waals surface area contributed by atoms with Gasteiger partial charge in [-0.1, -0.05) is 44.2 Å². The van der Waals surface area contributed by atoms with E-state index < -0.39 is 5.41 Å². The number of nitrogens with two attached hydrogens (primary N) is 1. The van der Waals surface area contributed by atoms with Crippen molar-refractivity contribution in [1.82, 2.24) is 10.2 Å². The minimum Gasteiger partial charge on any atom is -0.351 e. The van der Waals surface area contributed by atoms with Crippen LogP contribution in [0.2, 0.25) is 0 Å². The van der Waals surface area contributed by atoms with Crippen molar-refractivity contribution < 1.29 is 4.79 Å². The maximum absolute atomic E-state index is 12.7. The lowest BCUT2D eigenvalue weighted by Gasteiger charge is -2.30. The quantitative estimate of drug-likeness (QED) is 0.812. The molecule has 0 spiro atoms. The molecule has 2 unspecified atom stereocenters. The van der Waals surface area contributed by atoms with Crippen molar-refractivity contribution in [3.63, 3.8) is 0 Å². The second-order valence-corrected chi connectivity index (χ2v) is 6.86. The van der Waals surface area contributed by atoms with Gasteiger partial charge in [0.15, 0.2) is 0 Å². The van der Waals surface area contributed by atoms with Crippen LogP contribution in [0.5, 0.6) is 0 Å². The van der Waals surface area contributed by atoms with Gasteiger partial charge in [-0.25, -0.2) is 0 Å². The molecule has 2 atom stereocenters. The molecule has 1 aromatic carbocycles. The van der Waals surface area contributed by atoms with Gasteiger partial charge in [0.25, 0.3) is 0 Å². The Kier molecular flexibility index (Phi) is 6.19. The Morgan fingerprint density at radius 2 is 1.96 bits per heavy atom. The molecule has 0 saturated carbocycles. The molecule has 4 nitrogen and oxygen atoms in total. The summed E-state index contributed by atoms with van der Waals surface area (Å²) < 4.78 is 0.